The highest BCUT2D eigenvalue weighted by Crippen LogP contribution is 2.29. The van der Waals surface area contributed by atoms with E-state index in [0.29, 0.717) is 0 Å². The summed E-state index contributed by atoms with van der Waals surface area (Å²) in [5, 5.41) is 0. The summed E-state index contributed by atoms with van der Waals surface area (Å²) in [5.74, 6) is 1.71. The number of carbonyl (C=O) groups excluding carboxylic acids is 1. The number of hydrogen-bond donors (Lipinski definition) is 0. The van der Waals surface area contributed by atoms with Gasteiger partial charge < -0.3 is 9.47 Å². The fourth-order valence-electron chi connectivity index (χ4n) is 3.45. The molecule has 0 fully saturated rings. The quantitative estimate of drug-likeness (QED) is 0.592. The summed E-state index contributed by atoms with van der Waals surface area (Å²) in [6, 6.07) is 4.02. The van der Waals surface area contributed by atoms with E-state index in [0.717, 1.165) is 56.0 Å². The van der Waals surface area contributed by atoms with Gasteiger partial charge in [-0.05, 0) is 110 Å². The smallest absolute Gasteiger partial charge is 0.178 e. The third kappa shape index (κ3) is 4.36. The van der Waals surface area contributed by atoms with Crippen LogP contribution in [0.1, 0.15) is 44.5 Å². The maximum absolute atomic E-state index is 12.4. The summed E-state index contributed by atoms with van der Waals surface area (Å²) in [7, 11) is 3.35. The van der Waals surface area contributed by atoms with Gasteiger partial charge >= 0.3 is 0 Å². The Morgan fingerprint density at radius 2 is 1.04 bits per heavy atom. The van der Waals surface area contributed by atoms with E-state index in [1.54, 1.807) is 26.4 Å². The first-order valence-electron chi connectivity index (χ1n) is 9.40. The maximum Gasteiger partial charge on any atom is 0.178 e. The fraction of sp³-hybridized carbons (Fsp3) is 0.320. The molecule has 0 atom stereocenters. The van der Waals surface area contributed by atoms with Crippen LogP contribution >= 0.6 is 0 Å². The average molecular weight is 379 g/mol. The SMILES string of the molecule is COc1cc(C)c(/C=C/C(=O)/C=C/c2c(C)cc(OC)c(C)c2C)c(C)c1C. The van der Waals surface area contributed by atoms with Crippen molar-refractivity contribution >= 4 is 17.9 Å². The summed E-state index contributed by atoms with van der Waals surface area (Å²) in [4.78, 5) is 12.4. The number of methoxy groups -OCH3 is 2. The molecule has 0 spiro atoms. The van der Waals surface area contributed by atoms with Crippen molar-refractivity contribution in [2.24, 2.45) is 0 Å². The Kier molecular flexibility index (Phi) is 6.85. The van der Waals surface area contributed by atoms with Crippen LogP contribution in [0.25, 0.3) is 12.2 Å². The van der Waals surface area contributed by atoms with E-state index >= 15 is 0 Å². The summed E-state index contributed by atoms with van der Waals surface area (Å²) < 4.78 is 10.8. The molecule has 0 aliphatic heterocycles. The highest BCUT2D eigenvalue weighted by Gasteiger charge is 2.10. The summed E-state index contributed by atoms with van der Waals surface area (Å²) >= 11 is 0. The lowest BCUT2D eigenvalue weighted by molar-refractivity contribution is -0.110. The zero-order chi connectivity index (χ0) is 21.0. The monoisotopic (exact) mass is 378 g/mol. The van der Waals surface area contributed by atoms with Crippen molar-refractivity contribution in [2.75, 3.05) is 14.2 Å². The zero-order valence-corrected chi connectivity index (χ0v) is 18.2. The molecule has 28 heavy (non-hydrogen) atoms. The lowest BCUT2D eigenvalue weighted by Gasteiger charge is -2.13. The van der Waals surface area contributed by atoms with E-state index in [9.17, 15) is 4.79 Å². The molecule has 2 aromatic rings. The second-order valence-electron chi connectivity index (χ2n) is 7.19. The molecular formula is C25H30O3. The molecule has 0 bridgehead atoms. The standard InChI is InChI=1S/C25H30O3/c1-15-13-24(27-7)19(5)17(3)22(15)11-9-21(26)10-12-23-16(2)14-25(28-8)20(6)18(23)4/h9-14H,1-8H3/b11-9+,12-10+. The van der Waals surface area contributed by atoms with E-state index in [2.05, 4.69) is 13.8 Å². The summed E-state index contributed by atoms with van der Waals surface area (Å²) in [6.07, 6.45) is 7.03. The van der Waals surface area contributed by atoms with Crippen molar-refractivity contribution < 1.29 is 14.3 Å². The molecule has 3 nitrogen and oxygen atoms in total. The average Bonchev–Trinajstić information content (AvgIpc) is 2.67. The van der Waals surface area contributed by atoms with Gasteiger partial charge in [0, 0.05) is 0 Å². The van der Waals surface area contributed by atoms with Gasteiger partial charge in [0.15, 0.2) is 5.78 Å². The minimum atomic E-state index is -0.0421. The number of ether oxygens (including phenoxy) is 2. The number of hydrogen-bond acceptors (Lipinski definition) is 3. The molecule has 148 valence electrons. The van der Waals surface area contributed by atoms with Crippen LogP contribution in [-0.4, -0.2) is 20.0 Å². The number of benzene rings is 2. The summed E-state index contributed by atoms with van der Waals surface area (Å²) in [6.45, 7) is 12.2. The molecule has 0 aliphatic carbocycles. The molecule has 0 amide bonds. The second-order valence-corrected chi connectivity index (χ2v) is 7.19. The van der Waals surface area contributed by atoms with Crippen LogP contribution in [0, 0.1) is 41.5 Å². The number of carbonyl (C=O) groups is 1. The molecule has 0 N–H and O–H groups in total. The Morgan fingerprint density at radius 1 is 0.679 bits per heavy atom. The molecule has 0 radical (unpaired) electrons. The minimum absolute atomic E-state index is 0.0421. The van der Waals surface area contributed by atoms with E-state index in [-0.39, 0.29) is 5.78 Å². The predicted molar refractivity (Wildman–Crippen MR) is 117 cm³/mol. The molecule has 0 saturated carbocycles. The van der Waals surface area contributed by atoms with Crippen molar-refractivity contribution in [3.05, 3.63) is 68.8 Å². The van der Waals surface area contributed by atoms with Crippen molar-refractivity contribution in [3.63, 3.8) is 0 Å². The van der Waals surface area contributed by atoms with Crippen LogP contribution in [0.3, 0.4) is 0 Å². The van der Waals surface area contributed by atoms with Crippen LogP contribution in [-0.2, 0) is 4.79 Å². The number of ketones is 1. The van der Waals surface area contributed by atoms with Gasteiger partial charge in [-0.25, -0.2) is 0 Å². The molecule has 0 heterocycles. The van der Waals surface area contributed by atoms with Crippen LogP contribution in [0.4, 0.5) is 0 Å². The van der Waals surface area contributed by atoms with Crippen molar-refractivity contribution in [1.29, 1.82) is 0 Å². The minimum Gasteiger partial charge on any atom is -0.496 e. The van der Waals surface area contributed by atoms with E-state index in [1.807, 2.05) is 52.0 Å². The Balaban J connectivity index is 2.29. The third-order valence-electron chi connectivity index (χ3n) is 5.49. The van der Waals surface area contributed by atoms with E-state index in [4.69, 9.17) is 9.47 Å². The molecule has 0 aliphatic rings. The fourth-order valence-corrected chi connectivity index (χ4v) is 3.45. The van der Waals surface area contributed by atoms with Gasteiger partial charge in [0.2, 0.25) is 0 Å². The van der Waals surface area contributed by atoms with Crippen LogP contribution in [0.2, 0.25) is 0 Å². The second kappa shape index (κ2) is 8.92. The van der Waals surface area contributed by atoms with Crippen LogP contribution in [0.5, 0.6) is 11.5 Å². The van der Waals surface area contributed by atoms with Gasteiger partial charge in [-0.3, -0.25) is 4.79 Å². The molecular weight excluding hydrogens is 348 g/mol. The van der Waals surface area contributed by atoms with Crippen molar-refractivity contribution in [1.82, 2.24) is 0 Å². The van der Waals surface area contributed by atoms with Gasteiger partial charge in [-0.1, -0.05) is 12.2 Å². The molecule has 0 aromatic heterocycles. The van der Waals surface area contributed by atoms with Crippen LogP contribution < -0.4 is 9.47 Å². The largest absolute Gasteiger partial charge is 0.496 e. The number of rotatable bonds is 6. The van der Waals surface area contributed by atoms with Gasteiger partial charge in [0.05, 0.1) is 14.2 Å². The molecule has 2 rings (SSSR count). The number of allylic oxidation sites excluding steroid dienone is 2. The van der Waals surface area contributed by atoms with Gasteiger partial charge in [-0.2, -0.15) is 0 Å². The Labute approximate surface area is 168 Å². The topological polar surface area (TPSA) is 35.5 Å². The van der Waals surface area contributed by atoms with Gasteiger partial charge in [-0.15, -0.1) is 0 Å². The third-order valence-corrected chi connectivity index (χ3v) is 5.49. The first-order chi connectivity index (χ1) is 13.2. The van der Waals surface area contributed by atoms with Crippen molar-refractivity contribution in [2.45, 2.75) is 41.5 Å². The lowest BCUT2D eigenvalue weighted by Crippen LogP contribution is -1.97. The lowest BCUT2D eigenvalue weighted by atomic mass is 9.96. The summed E-state index contributed by atoms with van der Waals surface area (Å²) in [5.41, 5.74) is 8.74. The zero-order valence-electron chi connectivity index (χ0n) is 18.2. The molecule has 3 heteroatoms. The normalized spacial score (nSPS) is 11.4. The molecule has 2 aromatic carbocycles. The van der Waals surface area contributed by atoms with E-state index < -0.39 is 0 Å². The molecule has 0 unspecified atom stereocenters. The number of aryl methyl sites for hydroxylation is 2. The molecule has 0 saturated heterocycles. The van der Waals surface area contributed by atoms with Gasteiger partial charge in [0.25, 0.3) is 0 Å². The first-order valence-corrected chi connectivity index (χ1v) is 9.40. The van der Waals surface area contributed by atoms with Gasteiger partial charge in [0.1, 0.15) is 11.5 Å². The maximum atomic E-state index is 12.4. The predicted octanol–water partition coefficient (Wildman–Crippen LogP) is 5.85. The Hall–Kier alpha value is -2.81. The van der Waals surface area contributed by atoms with Crippen LogP contribution in [0.15, 0.2) is 24.3 Å². The highest BCUT2D eigenvalue weighted by atomic mass is 16.5. The van der Waals surface area contributed by atoms with Crippen molar-refractivity contribution in [3.8, 4) is 11.5 Å². The first kappa shape index (κ1) is 21.5. The van der Waals surface area contributed by atoms with E-state index in [1.165, 1.54) is 0 Å². The highest BCUT2D eigenvalue weighted by molar-refractivity contribution is 6.04. The Bertz CT molecular complexity index is 885. The Morgan fingerprint density at radius 3 is 1.36 bits per heavy atom.